The second-order valence-electron chi connectivity index (χ2n) is 3.47. The van der Waals surface area contributed by atoms with Gasteiger partial charge in [-0.3, -0.25) is 0 Å². The van der Waals surface area contributed by atoms with Crippen LogP contribution in [0, 0.1) is 5.92 Å². The monoisotopic (exact) mass is 161 g/mol. The molecule has 60 valence electrons. The van der Waals surface area contributed by atoms with Crippen LogP contribution in [-0.2, 0) is 0 Å². The lowest BCUT2D eigenvalue weighted by atomic mass is 10.1. The highest BCUT2D eigenvalue weighted by Gasteiger charge is 2.26. The standard InChI is InChI=1S/C8H15N.ClH/c1-2-8(9-5-1)6-7-3-4-7;/h7-9H,1-6H2;1H. The van der Waals surface area contributed by atoms with Gasteiger partial charge in [-0.25, -0.2) is 0 Å². The van der Waals surface area contributed by atoms with E-state index in [1.807, 2.05) is 0 Å². The van der Waals surface area contributed by atoms with Gasteiger partial charge in [-0.2, -0.15) is 0 Å². The molecule has 1 unspecified atom stereocenters. The normalized spacial score (nSPS) is 31.8. The molecule has 0 amide bonds. The third kappa shape index (κ3) is 2.14. The number of nitrogens with one attached hydrogen (secondary N) is 1. The molecule has 1 heterocycles. The Labute approximate surface area is 69.0 Å². The van der Waals surface area contributed by atoms with Gasteiger partial charge in [0.05, 0.1) is 0 Å². The molecule has 0 aromatic heterocycles. The second-order valence-corrected chi connectivity index (χ2v) is 3.47. The largest absolute Gasteiger partial charge is 0.314 e. The van der Waals surface area contributed by atoms with E-state index in [0.717, 1.165) is 12.0 Å². The highest BCUT2D eigenvalue weighted by atomic mass is 35.5. The molecule has 0 aromatic carbocycles. The Kier molecular flexibility index (Phi) is 2.99. The average Bonchev–Trinajstić information content (AvgIpc) is 2.46. The van der Waals surface area contributed by atoms with E-state index in [0.29, 0.717) is 0 Å². The van der Waals surface area contributed by atoms with Crippen molar-refractivity contribution in [1.29, 1.82) is 0 Å². The molecule has 1 atom stereocenters. The van der Waals surface area contributed by atoms with Gasteiger partial charge in [0.1, 0.15) is 0 Å². The first-order valence-corrected chi connectivity index (χ1v) is 4.18. The maximum atomic E-state index is 3.53. The zero-order valence-corrected chi connectivity index (χ0v) is 7.12. The van der Waals surface area contributed by atoms with Crippen LogP contribution in [0.25, 0.3) is 0 Å². The summed E-state index contributed by atoms with van der Waals surface area (Å²) in [5.74, 6) is 1.11. The molecule has 0 radical (unpaired) electrons. The average molecular weight is 162 g/mol. The van der Waals surface area contributed by atoms with Gasteiger partial charge in [0, 0.05) is 6.04 Å². The zero-order chi connectivity index (χ0) is 6.10. The van der Waals surface area contributed by atoms with Crippen LogP contribution < -0.4 is 5.32 Å². The molecule has 1 N–H and O–H groups in total. The van der Waals surface area contributed by atoms with E-state index in [4.69, 9.17) is 0 Å². The summed E-state index contributed by atoms with van der Waals surface area (Å²) in [4.78, 5) is 0. The van der Waals surface area contributed by atoms with Gasteiger partial charge in [0.25, 0.3) is 0 Å². The van der Waals surface area contributed by atoms with Crippen molar-refractivity contribution in [3.8, 4) is 0 Å². The Bertz CT molecular complexity index is 95.4. The van der Waals surface area contributed by atoms with Crippen molar-refractivity contribution in [2.75, 3.05) is 6.54 Å². The van der Waals surface area contributed by atoms with E-state index in [1.165, 1.54) is 38.6 Å². The molecule has 1 saturated heterocycles. The van der Waals surface area contributed by atoms with E-state index in [9.17, 15) is 0 Å². The molecule has 2 heteroatoms. The van der Waals surface area contributed by atoms with Crippen LogP contribution in [-0.4, -0.2) is 12.6 Å². The van der Waals surface area contributed by atoms with Crippen molar-refractivity contribution in [3.63, 3.8) is 0 Å². The van der Waals surface area contributed by atoms with E-state index < -0.39 is 0 Å². The van der Waals surface area contributed by atoms with Crippen LogP contribution in [0.3, 0.4) is 0 Å². The van der Waals surface area contributed by atoms with Gasteiger partial charge in [0.2, 0.25) is 0 Å². The summed E-state index contributed by atoms with van der Waals surface area (Å²) in [6.45, 7) is 1.28. The van der Waals surface area contributed by atoms with Crippen molar-refractivity contribution >= 4 is 12.4 Å². The van der Waals surface area contributed by atoms with E-state index in [2.05, 4.69) is 5.32 Å². The molecule has 0 spiro atoms. The lowest BCUT2D eigenvalue weighted by molar-refractivity contribution is 0.523. The summed E-state index contributed by atoms with van der Waals surface area (Å²) < 4.78 is 0. The summed E-state index contributed by atoms with van der Waals surface area (Å²) in [5.41, 5.74) is 0. The van der Waals surface area contributed by atoms with Gasteiger partial charge in [-0.1, -0.05) is 12.8 Å². The minimum atomic E-state index is 0. The Morgan fingerprint density at radius 3 is 2.50 bits per heavy atom. The number of halogens is 1. The summed E-state index contributed by atoms with van der Waals surface area (Å²) in [6, 6.07) is 0.900. The molecule has 1 aliphatic heterocycles. The third-order valence-electron chi connectivity index (χ3n) is 2.48. The molecule has 2 rings (SSSR count). The molecule has 0 bridgehead atoms. The topological polar surface area (TPSA) is 12.0 Å². The maximum absolute atomic E-state index is 3.53. The molecular weight excluding hydrogens is 146 g/mol. The van der Waals surface area contributed by atoms with Gasteiger partial charge in [0.15, 0.2) is 0 Å². The molecule has 2 fully saturated rings. The van der Waals surface area contributed by atoms with Crippen molar-refractivity contribution in [2.45, 2.75) is 38.1 Å². The minimum Gasteiger partial charge on any atom is -0.314 e. The van der Waals surface area contributed by atoms with Crippen molar-refractivity contribution in [3.05, 3.63) is 0 Å². The molecule has 0 aromatic rings. The highest BCUT2D eigenvalue weighted by molar-refractivity contribution is 5.85. The fourth-order valence-corrected chi connectivity index (χ4v) is 1.71. The van der Waals surface area contributed by atoms with E-state index >= 15 is 0 Å². The van der Waals surface area contributed by atoms with Gasteiger partial charge in [-0.15, -0.1) is 12.4 Å². The second kappa shape index (κ2) is 3.59. The number of rotatable bonds is 2. The van der Waals surface area contributed by atoms with Gasteiger partial charge in [-0.05, 0) is 31.7 Å². The smallest absolute Gasteiger partial charge is 0.00701 e. The van der Waals surface area contributed by atoms with Gasteiger partial charge < -0.3 is 5.32 Å². The van der Waals surface area contributed by atoms with E-state index in [-0.39, 0.29) is 12.4 Å². The van der Waals surface area contributed by atoms with E-state index in [1.54, 1.807) is 0 Å². The highest BCUT2D eigenvalue weighted by Crippen LogP contribution is 2.34. The number of hydrogen-bond acceptors (Lipinski definition) is 1. The molecule has 1 saturated carbocycles. The third-order valence-corrected chi connectivity index (χ3v) is 2.48. The first kappa shape index (κ1) is 8.35. The van der Waals surface area contributed by atoms with Crippen LogP contribution in [0.4, 0.5) is 0 Å². The zero-order valence-electron chi connectivity index (χ0n) is 6.31. The maximum Gasteiger partial charge on any atom is 0.00701 e. The molecule has 1 aliphatic carbocycles. The summed E-state index contributed by atoms with van der Waals surface area (Å²) in [7, 11) is 0. The Balaban J connectivity index is 0.000000500. The van der Waals surface area contributed by atoms with Gasteiger partial charge >= 0.3 is 0 Å². The predicted molar refractivity (Wildman–Crippen MR) is 45.6 cm³/mol. The Hall–Kier alpha value is 0.250. The Morgan fingerprint density at radius 1 is 1.20 bits per heavy atom. The van der Waals surface area contributed by atoms with Crippen molar-refractivity contribution in [2.24, 2.45) is 5.92 Å². The van der Waals surface area contributed by atoms with Crippen LogP contribution in [0.15, 0.2) is 0 Å². The van der Waals surface area contributed by atoms with Crippen LogP contribution in [0.2, 0.25) is 0 Å². The van der Waals surface area contributed by atoms with Crippen LogP contribution in [0.1, 0.15) is 32.1 Å². The molecule has 10 heavy (non-hydrogen) atoms. The van der Waals surface area contributed by atoms with Crippen LogP contribution >= 0.6 is 12.4 Å². The summed E-state index contributed by atoms with van der Waals surface area (Å²) in [5, 5.41) is 3.53. The minimum absolute atomic E-state index is 0. The van der Waals surface area contributed by atoms with Crippen molar-refractivity contribution < 1.29 is 0 Å². The fourth-order valence-electron chi connectivity index (χ4n) is 1.71. The predicted octanol–water partition coefficient (Wildman–Crippen LogP) is 1.96. The first-order valence-electron chi connectivity index (χ1n) is 4.18. The van der Waals surface area contributed by atoms with Crippen LogP contribution in [0.5, 0.6) is 0 Å². The summed E-state index contributed by atoms with van der Waals surface area (Å²) in [6.07, 6.45) is 7.35. The first-order chi connectivity index (χ1) is 4.45. The van der Waals surface area contributed by atoms with Crippen molar-refractivity contribution in [1.82, 2.24) is 5.32 Å². The number of hydrogen-bond donors (Lipinski definition) is 1. The fraction of sp³-hybridized carbons (Fsp3) is 1.00. The lowest BCUT2D eigenvalue weighted by Gasteiger charge is -2.06. The SMILES string of the molecule is C1CNC(CC2CC2)C1.Cl. The quantitative estimate of drug-likeness (QED) is 0.653. The molecule has 1 nitrogen and oxygen atoms in total. The Morgan fingerprint density at radius 2 is 2.00 bits per heavy atom. The molecular formula is C8H16ClN. The lowest BCUT2D eigenvalue weighted by Crippen LogP contribution is -2.21. The molecule has 2 aliphatic rings. The summed E-state index contributed by atoms with van der Waals surface area (Å²) >= 11 is 0.